The van der Waals surface area contributed by atoms with E-state index in [2.05, 4.69) is 32.5 Å². The fraction of sp³-hybridized carbons (Fsp3) is 0.938. The van der Waals surface area contributed by atoms with Crippen molar-refractivity contribution in [3.05, 3.63) is 11.4 Å². The molecule has 4 aliphatic rings. The summed E-state index contributed by atoms with van der Waals surface area (Å²) >= 11 is 0. The number of fused-ring (bicyclic) bond motifs is 1. The van der Waals surface area contributed by atoms with Crippen molar-refractivity contribution in [3.63, 3.8) is 0 Å². The maximum atomic E-state index is 7.65. The Balaban J connectivity index is 2.05. The van der Waals surface area contributed by atoms with Crippen LogP contribution in [0, 0.1) is 41.1 Å². The minimum atomic E-state index is 0.300. The van der Waals surface area contributed by atoms with Crippen molar-refractivity contribution in [3.8, 4) is 0 Å². The monoisotopic (exact) mass is 231 g/mol. The van der Waals surface area contributed by atoms with Gasteiger partial charge in [0, 0.05) is 10.8 Å². The molecule has 0 aromatic heterocycles. The largest absolute Gasteiger partial charge is 0.312 e. The summed E-state index contributed by atoms with van der Waals surface area (Å²) in [4.78, 5) is 4.10. The lowest BCUT2D eigenvalue weighted by molar-refractivity contribution is -0.0521. The molecule has 0 N–H and O–H groups in total. The summed E-state index contributed by atoms with van der Waals surface area (Å²) in [6.45, 7) is 17.3. The SMILES string of the molecule is [C-]#[N+]C1[C@@]2(C)CC[C@@H]3[C@H](C2)[C@@H](C(C)C)C[C@]13C. The number of hydrogen-bond donors (Lipinski definition) is 0. The van der Waals surface area contributed by atoms with E-state index in [1.165, 1.54) is 25.7 Å². The summed E-state index contributed by atoms with van der Waals surface area (Å²) in [5.74, 6) is 3.47. The van der Waals surface area contributed by atoms with Gasteiger partial charge in [-0.25, -0.2) is 6.57 Å². The second-order valence-corrected chi connectivity index (χ2v) is 7.82. The van der Waals surface area contributed by atoms with Gasteiger partial charge in [-0.1, -0.05) is 27.7 Å². The predicted octanol–water partition coefficient (Wildman–Crippen LogP) is 4.39. The molecule has 0 radical (unpaired) electrons. The molecule has 4 saturated carbocycles. The fourth-order valence-electron chi connectivity index (χ4n) is 5.95. The van der Waals surface area contributed by atoms with Crippen molar-refractivity contribution in [1.82, 2.24) is 0 Å². The van der Waals surface area contributed by atoms with Crippen molar-refractivity contribution in [2.24, 2.45) is 34.5 Å². The Labute approximate surface area is 106 Å². The van der Waals surface area contributed by atoms with Crippen molar-refractivity contribution in [2.75, 3.05) is 0 Å². The highest BCUT2D eigenvalue weighted by molar-refractivity contribution is 5.20. The highest BCUT2D eigenvalue weighted by Gasteiger charge is 2.70. The van der Waals surface area contributed by atoms with Crippen LogP contribution in [-0.2, 0) is 0 Å². The van der Waals surface area contributed by atoms with Crippen LogP contribution in [0.2, 0.25) is 0 Å². The van der Waals surface area contributed by atoms with Crippen LogP contribution in [0.3, 0.4) is 0 Å². The summed E-state index contributed by atoms with van der Waals surface area (Å²) in [6, 6.07) is 0.300. The normalized spacial score (nSPS) is 56.2. The molecule has 0 amide bonds. The molecule has 94 valence electrons. The lowest BCUT2D eigenvalue weighted by atomic mass is 9.48. The van der Waals surface area contributed by atoms with Crippen LogP contribution in [-0.4, -0.2) is 6.04 Å². The molecular formula is C16H25N. The lowest BCUT2D eigenvalue weighted by Gasteiger charge is -2.54. The number of nitrogens with zero attached hydrogens (tertiary/aromatic N) is 1. The first-order valence-corrected chi connectivity index (χ1v) is 7.29. The van der Waals surface area contributed by atoms with Gasteiger partial charge in [-0.15, -0.1) is 0 Å². The van der Waals surface area contributed by atoms with Gasteiger partial charge in [0.1, 0.15) is 0 Å². The maximum Gasteiger partial charge on any atom is 0.234 e. The molecule has 1 nitrogen and oxygen atoms in total. The van der Waals surface area contributed by atoms with E-state index in [1.807, 2.05) is 0 Å². The first kappa shape index (κ1) is 11.6. The van der Waals surface area contributed by atoms with Gasteiger partial charge in [0.25, 0.3) is 0 Å². The molecule has 4 fully saturated rings. The fourth-order valence-corrected chi connectivity index (χ4v) is 5.95. The van der Waals surface area contributed by atoms with Crippen LogP contribution in [0.1, 0.15) is 53.4 Å². The Morgan fingerprint density at radius 2 is 1.94 bits per heavy atom. The summed E-state index contributed by atoms with van der Waals surface area (Å²) in [5, 5.41) is 0. The topological polar surface area (TPSA) is 4.36 Å². The summed E-state index contributed by atoms with van der Waals surface area (Å²) in [6.07, 6.45) is 5.36. The second-order valence-electron chi connectivity index (χ2n) is 7.82. The van der Waals surface area contributed by atoms with Crippen LogP contribution in [0.15, 0.2) is 0 Å². The standard InChI is InChI=1S/C16H25N/c1-10(2)11-9-16(4)13-6-7-15(3,8-12(11)13)14(16)17-5/h10-14H,6-9H2,1-4H3/t11-,12-,13-,14?,15+,16+/m1/s1. The van der Waals surface area contributed by atoms with Crippen molar-refractivity contribution in [1.29, 1.82) is 0 Å². The molecule has 4 aliphatic carbocycles. The Bertz CT molecular complexity index is 379. The molecular weight excluding hydrogens is 206 g/mol. The smallest absolute Gasteiger partial charge is 0.234 e. The van der Waals surface area contributed by atoms with E-state index in [0.717, 1.165) is 23.7 Å². The zero-order valence-corrected chi connectivity index (χ0v) is 11.7. The highest BCUT2D eigenvalue weighted by Crippen LogP contribution is 2.71. The second kappa shape index (κ2) is 3.28. The molecule has 4 rings (SSSR count). The summed E-state index contributed by atoms with van der Waals surface area (Å²) in [7, 11) is 0. The first-order valence-electron chi connectivity index (χ1n) is 7.29. The van der Waals surface area contributed by atoms with Crippen molar-refractivity contribution >= 4 is 0 Å². The van der Waals surface area contributed by atoms with E-state index in [1.54, 1.807) is 0 Å². The van der Waals surface area contributed by atoms with Crippen LogP contribution in [0.25, 0.3) is 4.85 Å². The third-order valence-electron chi connectivity index (χ3n) is 6.59. The van der Waals surface area contributed by atoms with E-state index < -0.39 is 0 Å². The maximum absolute atomic E-state index is 7.65. The number of rotatable bonds is 1. The van der Waals surface area contributed by atoms with Gasteiger partial charge in [0.2, 0.25) is 6.04 Å². The Kier molecular flexibility index (Phi) is 2.23. The van der Waals surface area contributed by atoms with Gasteiger partial charge >= 0.3 is 0 Å². The summed E-state index contributed by atoms with van der Waals surface area (Å²) < 4.78 is 0. The van der Waals surface area contributed by atoms with Gasteiger partial charge in [-0.3, -0.25) is 0 Å². The van der Waals surface area contributed by atoms with Crippen LogP contribution in [0.5, 0.6) is 0 Å². The van der Waals surface area contributed by atoms with Gasteiger partial charge in [0.15, 0.2) is 0 Å². The molecule has 0 aliphatic heterocycles. The molecule has 0 aromatic carbocycles. The van der Waals surface area contributed by atoms with Crippen molar-refractivity contribution in [2.45, 2.75) is 59.4 Å². The quantitative estimate of drug-likeness (QED) is 0.589. The molecule has 1 unspecified atom stereocenters. The Hall–Kier alpha value is -0.510. The molecule has 0 saturated heterocycles. The van der Waals surface area contributed by atoms with Gasteiger partial charge in [-0.05, 0) is 49.4 Å². The summed E-state index contributed by atoms with van der Waals surface area (Å²) in [5.41, 5.74) is 0.673. The zero-order valence-electron chi connectivity index (χ0n) is 11.7. The molecule has 1 heteroatoms. The molecule has 17 heavy (non-hydrogen) atoms. The molecule has 0 spiro atoms. The average molecular weight is 231 g/mol. The van der Waals surface area contributed by atoms with E-state index in [-0.39, 0.29) is 0 Å². The van der Waals surface area contributed by atoms with Gasteiger partial charge in [-0.2, -0.15) is 0 Å². The third-order valence-corrected chi connectivity index (χ3v) is 6.59. The van der Waals surface area contributed by atoms with E-state index >= 15 is 0 Å². The molecule has 0 heterocycles. The van der Waals surface area contributed by atoms with E-state index in [9.17, 15) is 0 Å². The van der Waals surface area contributed by atoms with Crippen molar-refractivity contribution < 1.29 is 0 Å². The molecule has 6 atom stereocenters. The Morgan fingerprint density at radius 1 is 1.24 bits per heavy atom. The van der Waals surface area contributed by atoms with Crippen LogP contribution in [0.4, 0.5) is 0 Å². The minimum Gasteiger partial charge on any atom is -0.312 e. The number of hydrogen-bond acceptors (Lipinski definition) is 0. The third kappa shape index (κ3) is 1.25. The average Bonchev–Trinajstić information content (AvgIpc) is 2.48. The van der Waals surface area contributed by atoms with Gasteiger partial charge in [0.05, 0.1) is 0 Å². The first-order chi connectivity index (χ1) is 7.92. The van der Waals surface area contributed by atoms with Gasteiger partial charge < -0.3 is 4.85 Å². The molecule has 4 bridgehead atoms. The zero-order chi connectivity index (χ0) is 12.4. The minimum absolute atomic E-state index is 0.300. The van der Waals surface area contributed by atoms with E-state index in [0.29, 0.717) is 16.9 Å². The lowest BCUT2D eigenvalue weighted by Crippen LogP contribution is -2.55. The van der Waals surface area contributed by atoms with Crippen LogP contribution < -0.4 is 0 Å². The molecule has 0 aromatic rings. The van der Waals surface area contributed by atoms with E-state index in [4.69, 9.17) is 6.57 Å². The predicted molar refractivity (Wildman–Crippen MR) is 70.4 cm³/mol. The highest BCUT2D eigenvalue weighted by atomic mass is 14.9. The Morgan fingerprint density at radius 3 is 2.53 bits per heavy atom. The van der Waals surface area contributed by atoms with Crippen LogP contribution >= 0.6 is 0 Å².